The Hall–Kier alpha value is -2.96. The standard InChI is InChI=1S/C28H36N4O2/c1-4-10-24-28(23-13-6-5-7-14-23)30-26(34-24)20-32-16-9-15-31(17-18-32)19-25(33)29-27-21(2)11-8-12-22(27)3/h5-8,11-14H,4,9-10,15-20H2,1-3H3,(H,29,33). The van der Waals surface area contributed by atoms with Gasteiger partial charge in [0, 0.05) is 30.8 Å². The fourth-order valence-corrected chi connectivity index (χ4v) is 4.61. The monoisotopic (exact) mass is 460 g/mol. The van der Waals surface area contributed by atoms with Gasteiger partial charge in [0.15, 0.2) is 0 Å². The van der Waals surface area contributed by atoms with Crippen molar-refractivity contribution in [3.05, 3.63) is 71.3 Å². The minimum Gasteiger partial charge on any atom is -0.444 e. The number of anilines is 1. The Morgan fingerprint density at radius 3 is 2.41 bits per heavy atom. The summed E-state index contributed by atoms with van der Waals surface area (Å²) >= 11 is 0. The molecule has 6 nitrogen and oxygen atoms in total. The molecule has 1 amide bonds. The van der Waals surface area contributed by atoms with E-state index >= 15 is 0 Å². The molecule has 1 saturated heterocycles. The molecule has 6 heteroatoms. The molecule has 1 aliphatic heterocycles. The topological polar surface area (TPSA) is 61.6 Å². The van der Waals surface area contributed by atoms with Crippen LogP contribution >= 0.6 is 0 Å². The molecule has 3 aromatic rings. The molecular weight excluding hydrogens is 424 g/mol. The molecule has 180 valence electrons. The van der Waals surface area contributed by atoms with Crippen LogP contribution in [0.2, 0.25) is 0 Å². The number of oxazole rings is 1. The Morgan fingerprint density at radius 1 is 0.971 bits per heavy atom. The van der Waals surface area contributed by atoms with E-state index in [1.54, 1.807) is 0 Å². The number of benzene rings is 2. The van der Waals surface area contributed by atoms with Gasteiger partial charge in [0.05, 0.1) is 13.1 Å². The lowest BCUT2D eigenvalue weighted by atomic mass is 10.1. The van der Waals surface area contributed by atoms with Crippen LogP contribution in [0.3, 0.4) is 0 Å². The van der Waals surface area contributed by atoms with Gasteiger partial charge in [-0.1, -0.05) is 55.5 Å². The van der Waals surface area contributed by atoms with Crippen LogP contribution in [0, 0.1) is 13.8 Å². The van der Waals surface area contributed by atoms with Crippen molar-refractivity contribution in [1.29, 1.82) is 0 Å². The Labute approximate surface area is 203 Å². The summed E-state index contributed by atoms with van der Waals surface area (Å²) in [5.41, 5.74) is 5.21. The Balaban J connectivity index is 1.34. The number of rotatable bonds is 8. The summed E-state index contributed by atoms with van der Waals surface area (Å²) in [5, 5.41) is 3.11. The smallest absolute Gasteiger partial charge is 0.238 e. The van der Waals surface area contributed by atoms with Gasteiger partial charge in [-0.25, -0.2) is 4.98 Å². The maximum Gasteiger partial charge on any atom is 0.238 e. The van der Waals surface area contributed by atoms with E-state index in [4.69, 9.17) is 9.40 Å². The van der Waals surface area contributed by atoms with Crippen molar-refractivity contribution >= 4 is 11.6 Å². The maximum absolute atomic E-state index is 12.7. The van der Waals surface area contributed by atoms with Crippen LogP contribution in [0.4, 0.5) is 5.69 Å². The second-order valence-electron chi connectivity index (χ2n) is 9.22. The number of para-hydroxylation sites is 1. The second kappa shape index (κ2) is 11.4. The lowest BCUT2D eigenvalue weighted by molar-refractivity contribution is -0.117. The average molecular weight is 461 g/mol. The van der Waals surface area contributed by atoms with Crippen LogP contribution in [-0.4, -0.2) is 53.4 Å². The molecule has 0 aliphatic carbocycles. The normalized spacial score (nSPS) is 15.3. The first-order valence-corrected chi connectivity index (χ1v) is 12.4. The van der Waals surface area contributed by atoms with E-state index in [0.29, 0.717) is 13.1 Å². The van der Waals surface area contributed by atoms with Gasteiger partial charge in [0.25, 0.3) is 0 Å². The number of amides is 1. The largest absolute Gasteiger partial charge is 0.444 e. The third kappa shape index (κ3) is 6.13. The number of hydrogen-bond acceptors (Lipinski definition) is 5. The SMILES string of the molecule is CCCc1oc(CN2CCCN(CC(=O)Nc3c(C)cccc3C)CC2)nc1-c1ccccc1. The molecule has 0 unspecified atom stereocenters. The van der Waals surface area contributed by atoms with Gasteiger partial charge in [0.1, 0.15) is 11.5 Å². The predicted molar refractivity (Wildman–Crippen MR) is 137 cm³/mol. The molecule has 0 bridgehead atoms. The highest BCUT2D eigenvalue weighted by Crippen LogP contribution is 2.26. The Kier molecular flexibility index (Phi) is 8.14. The summed E-state index contributed by atoms with van der Waals surface area (Å²) in [7, 11) is 0. The molecule has 0 atom stereocenters. The molecule has 0 radical (unpaired) electrons. The van der Waals surface area contributed by atoms with Crippen molar-refractivity contribution in [2.45, 2.75) is 46.6 Å². The summed E-state index contributed by atoms with van der Waals surface area (Å²) in [6, 6.07) is 16.4. The summed E-state index contributed by atoms with van der Waals surface area (Å²) in [6.07, 6.45) is 2.93. The first kappa shape index (κ1) is 24.2. The zero-order valence-corrected chi connectivity index (χ0v) is 20.6. The van der Waals surface area contributed by atoms with Gasteiger partial charge >= 0.3 is 0 Å². The first-order valence-electron chi connectivity index (χ1n) is 12.4. The molecule has 1 aliphatic rings. The molecule has 4 rings (SSSR count). The van der Waals surface area contributed by atoms with Gasteiger partial charge in [-0.2, -0.15) is 0 Å². The first-order chi connectivity index (χ1) is 16.5. The predicted octanol–water partition coefficient (Wildman–Crippen LogP) is 5.06. The summed E-state index contributed by atoms with van der Waals surface area (Å²) in [5.74, 6) is 1.81. The van der Waals surface area contributed by atoms with Gasteiger partial charge in [0.2, 0.25) is 11.8 Å². The van der Waals surface area contributed by atoms with Crippen molar-refractivity contribution in [3.63, 3.8) is 0 Å². The lowest BCUT2D eigenvalue weighted by Crippen LogP contribution is -2.36. The Morgan fingerprint density at radius 2 is 1.68 bits per heavy atom. The van der Waals surface area contributed by atoms with Crippen LogP contribution in [0.15, 0.2) is 52.9 Å². The molecule has 2 heterocycles. The van der Waals surface area contributed by atoms with Crippen molar-refractivity contribution in [3.8, 4) is 11.3 Å². The van der Waals surface area contributed by atoms with E-state index in [1.165, 1.54) is 0 Å². The minimum absolute atomic E-state index is 0.0512. The molecule has 1 N–H and O–H groups in total. The lowest BCUT2D eigenvalue weighted by Gasteiger charge is -2.21. The Bertz CT molecular complexity index is 1070. The minimum atomic E-state index is 0.0512. The van der Waals surface area contributed by atoms with Crippen molar-refractivity contribution in [1.82, 2.24) is 14.8 Å². The fraction of sp³-hybridized carbons (Fsp3) is 0.429. The number of aromatic nitrogens is 1. The summed E-state index contributed by atoms with van der Waals surface area (Å²) in [4.78, 5) is 22.2. The van der Waals surface area contributed by atoms with Crippen molar-refractivity contribution in [2.24, 2.45) is 0 Å². The van der Waals surface area contributed by atoms with Crippen LogP contribution in [0.1, 0.15) is 42.5 Å². The maximum atomic E-state index is 12.7. The zero-order chi connectivity index (χ0) is 23.9. The number of hydrogen-bond donors (Lipinski definition) is 1. The fourth-order valence-electron chi connectivity index (χ4n) is 4.61. The van der Waals surface area contributed by atoms with Gasteiger partial charge in [-0.05, 0) is 50.9 Å². The summed E-state index contributed by atoms with van der Waals surface area (Å²) < 4.78 is 6.20. The number of nitrogens with zero attached hydrogens (tertiary/aromatic N) is 3. The molecule has 0 spiro atoms. The van der Waals surface area contributed by atoms with E-state index in [-0.39, 0.29) is 5.91 Å². The molecule has 1 aromatic heterocycles. The van der Waals surface area contributed by atoms with Gasteiger partial charge in [-0.15, -0.1) is 0 Å². The van der Waals surface area contributed by atoms with Crippen LogP contribution in [-0.2, 0) is 17.8 Å². The van der Waals surface area contributed by atoms with E-state index in [2.05, 4.69) is 34.2 Å². The molecule has 1 fully saturated rings. The third-order valence-corrected chi connectivity index (χ3v) is 6.42. The number of carbonyl (C=O) groups excluding carboxylic acids is 1. The van der Waals surface area contributed by atoms with E-state index in [1.807, 2.05) is 50.2 Å². The number of nitrogens with one attached hydrogen (secondary N) is 1. The second-order valence-corrected chi connectivity index (χ2v) is 9.22. The zero-order valence-electron chi connectivity index (χ0n) is 20.6. The van der Waals surface area contributed by atoms with Gasteiger partial charge in [-0.3, -0.25) is 14.6 Å². The number of aryl methyl sites for hydroxylation is 3. The molecule has 2 aromatic carbocycles. The summed E-state index contributed by atoms with van der Waals surface area (Å²) in [6.45, 7) is 11.0. The quantitative estimate of drug-likeness (QED) is 0.509. The number of carbonyl (C=O) groups is 1. The van der Waals surface area contributed by atoms with Crippen molar-refractivity contribution < 1.29 is 9.21 Å². The highest BCUT2D eigenvalue weighted by Gasteiger charge is 2.21. The van der Waals surface area contributed by atoms with Crippen LogP contribution in [0.25, 0.3) is 11.3 Å². The molecule has 0 saturated carbocycles. The van der Waals surface area contributed by atoms with E-state index in [9.17, 15) is 4.79 Å². The van der Waals surface area contributed by atoms with E-state index < -0.39 is 0 Å². The van der Waals surface area contributed by atoms with Crippen LogP contribution < -0.4 is 5.32 Å². The average Bonchev–Trinajstić information content (AvgIpc) is 3.09. The third-order valence-electron chi connectivity index (χ3n) is 6.42. The highest BCUT2D eigenvalue weighted by atomic mass is 16.4. The molecule has 34 heavy (non-hydrogen) atoms. The van der Waals surface area contributed by atoms with Crippen LogP contribution in [0.5, 0.6) is 0 Å². The molecular formula is C28H36N4O2. The van der Waals surface area contributed by atoms with E-state index in [0.717, 1.165) is 85.2 Å². The van der Waals surface area contributed by atoms with Crippen molar-refractivity contribution in [2.75, 3.05) is 38.0 Å². The highest BCUT2D eigenvalue weighted by molar-refractivity contribution is 5.93. The van der Waals surface area contributed by atoms with Gasteiger partial charge < -0.3 is 9.73 Å².